The number of nitrogens with zero attached hydrogens (tertiary/aromatic N) is 3. The Kier molecular flexibility index (Phi) is 7.03. The van der Waals surface area contributed by atoms with Crippen molar-refractivity contribution in [3.63, 3.8) is 0 Å². The molecule has 6 rings (SSSR count). The smallest absolute Gasteiger partial charge is 0.407 e. The number of hydrogen-bond acceptors (Lipinski definition) is 6. The molecule has 2 saturated carbocycles. The van der Waals surface area contributed by atoms with Crippen LogP contribution in [0, 0.1) is 11.3 Å². The number of alkyl carbamates (subject to hydrolysis) is 1. The minimum atomic E-state index is -0.654. The monoisotopic (exact) mass is 565 g/mol. The molecule has 3 amide bonds. The zero-order chi connectivity index (χ0) is 29.1. The molecule has 2 saturated heterocycles. The van der Waals surface area contributed by atoms with Gasteiger partial charge in [-0.25, -0.2) is 9.59 Å². The molecule has 10 heteroatoms. The van der Waals surface area contributed by atoms with Crippen LogP contribution in [0.25, 0.3) is 11.0 Å². The van der Waals surface area contributed by atoms with E-state index in [0.717, 1.165) is 56.4 Å². The highest BCUT2D eigenvalue weighted by Crippen LogP contribution is 2.56. The summed E-state index contributed by atoms with van der Waals surface area (Å²) in [6.07, 6.45) is 6.93. The summed E-state index contributed by atoms with van der Waals surface area (Å²) < 4.78 is 8.58. The highest BCUT2D eigenvalue weighted by Gasteiger charge is 2.52. The van der Waals surface area contributed by atoms with E-state index < -0.39 is 17.6 Å². The second kappa shape index (κ2) is 10.3. The lowest BCUT2D eigenvalue weighted by molar-refractivity contribution is -0.135. The SMILES string of the molecule is Cn1c(=O)n(C2CCC(=O)NC2=O)c2ccc(C3CC4(C3)CN(CC3CCC(NC(=O)OC(C)(C)C)CC3)C4)cc21. The number of imidazole rings is 1. The standard InChI is InChI=1S/C31H43N5O5/c1-30(2,3)41-28(39)32-22-8-5-19(6-9-22)16-35-17-31(18-35)14-21(15-31)20-7-10-23-25(13-20)34(4)29(40)36(23)24-11-12-26(37)33-27(24)38/h7,10,13,19,21-22,24H,5-6,8-9,11-12,14-18H2,1-4H3,(H,32,39)(H,33,37,38). The molecule has 1 spiro atoms. The lowest BCUT2D eigenvalue weighted by Crippen LogP contribution is -2.62. The van der Waals surface area contributed by atoms with Gasteiger partial charge < -0.3 is 15.0 Å². The van der Waals surface area contributed by atoms with Crippen molar-refractivity contribution in [1.29, 1.82) is 0 Å². The number of rotatable bonds is 5. The Morgan fingerprint density at radius 1 is 1.05 bits per heavy atom. The molecule has 222 valence electrons. The molecule has 2 aliphatic carbocycles. The van der Waals surface area contributed by atoms with Crippen molar-refractivity contribution in [3.8, 4) is 0 Å². The molecule has 1 aromatic carbocycles. The Bertz CT molecular complexity index is 1410. The van der Waals surface area contributed by atoms with Gasteiger partial charge in [0, 0.05) is 39.1 Å². The first-order valence-corrected chi connectivity index (χ1v) is 15.2. The fourth-order valence-corrected chi connectivity index (χ4v) is 7.70. The Hall–Kier alpha value is -3.14. The van der Waals surface area contributed by atoms with E-state index in [1.54, 1.807) is 16.2 Å². The van der Waals surface area contributed by atoms with E-state index in [9.17, 15) is 19.2 Å². The lowest BCUT2D eigenvalue weighted by Gasteiger charge is -2.60. The predicted octanol–water partition coefficient (Wildman–Crippen LogP) is 3.58. The summed E-state index contributed by atoms with van der Waals surface area (Å²) in [5, 5.41) is 5.42. The highest BCUT2D eigenvalue weighted by atomic mass is 16.6. The molecule has 10 nitrogen and oxygen atoms in total. The normalized spacial score (nSPS) is 26.9. The minimum absolute atomic E-state index is 0.217. The number of hydrogen-bond donors (Lipinski definition) is 2. The number of aromatic nitrogens is 2. The van der Waals surface area contributed by atoms with Crippen LogP contribution in [-0.2, 0) is 21.4 Å². The molecule has 41 heavy (non-hydrogen) atoms. The van der Waals surface area contributed by atoms with E-state index in [2.05, 4.69) is 27.7 Å². The Morgan fingerprint density at radius 3 is 2.41 bits per heavy atom. The van der Waals surface area contributed by atoms with Gasteiger partial charge in [-0.05, 0) is 101 Å². The zero-order valence-corrected chi connectivity index (χ0v) is 24.7. The number of nitrogens with one attached hydrogen (secondary N) is 2. The number of benzene rings is 1. The predicted molar refractivity (Wildman–Crippen MR) is 155 cm³/mol. The molecule has 1 atom stereocenters. The van der Waals surface area contributed by atoms with Crippen molar-refractivity contribution in [2.75, 3.05) is 19.6 Å². The summed E-state index contributed by atoms with van der Waals surface area (Å²) in [6.45, 7) is 9.13. The highest BCUT2D eigenvalue weighted by molar-refractivity contribution is 6.00. The third-order valence-corrected chi connectivity index (χ3v) is 9.67. The fourth-order valence-electron chi connectivity index (χ4n) is 7.70. The van der Waals surface area contributed by atoms with E-state index >= 15 is 0 Å². The van der Waals surface area contributed by atoms with E-state index in [-0.39, 0.29) is 30.2 Å². The lowest BCUT2D eigenvalue weighted by atomic mass is 9.56. The topological polar surface area (TPSA) is 115 Å². The molecule has 3 heterocycles. The molecule has 2 aliphatic heterocycles. The minimum Gasteiger partial charge on any atom is -0.444 e. The molecule has 0 radical (unpaired) electrons. The molecule has 4 fully saturated rings. The molecule has 1 aromatic heterocycles. The first-order chi connectivity index (χ1) is 19.4. The second-order valence-electron chi connectivity index (χ2n) is 14.1. The van der Waals surface area contributed by atoms with Crippen molar-refractivity contribution < 1.29 is 19.1 Å². The number of carbonyl (C=O) groups excluding carboxylic acids is 3. The van der Waals surface area contributed by atoms with E-state index in [0.29, 0.717) is 23.7 Å². The number of carbonyl (C=O) groups is 3. The summed E-state index contributed by atoms with van der Waals surface area (Å²) in [5.74, 6) is 0.498. The number of imide groups is 1. The third kappa shape index (κ3) is 5.55. The zero-order valence-electron chi connectivity index (χ0n) is 24.7. The third-order valence-electron chi connectivity index (χ3n) is 9.67. The average molecular weight is 566 g/mol. The van der Waals surface area contributed by atoms with Crippen LogP contribution in [-0.4, -0.2) is 63.2 Å². The summed E-state index contributed by atoms with van der Waals surface area (Å²) in [7, 11) is 1.75. The summed E-state index contributed by atoms with van der Waals surface area (Å²) in [4.78, 5) is 51.8. The largest absolute Gasteiger partial charge is 0.444 e. The van der Waals surface area contributed by atoms with Gasteiger partial charge >= 0.3 is 11.8 Å². The Morgan fingerprint density at radius 2 is 1.76 bits per heavy atom. The van der Waals surface area contributed by atoms with Crippen LogP contribution in [0.1, 0.15) is 89.7 Å². The van der Waals surface area contributed by atoms with Crippen LogP contribution in [0.5, 0.6) is 0 Å². The van der Waals surface area contributed by atoms with Crippen molar-refractivity contribution in [2.45, 2.75) is 95.7 Å². The fraction of sp³-hybridized carbons (Fsp3) is 0.677. The van der Waals surface area contributed by atoms with Gasteiger partial charge in [0.1, 0.15) is 11.6 Å². The summed E-state index contributed by atoms with van der Waals surface area (Å²) >= 11 is 0. The number of amides is 3. The van der Waals surface area contributed by atoms with Gasteiger partial charge in [-0.2, -0.15) is 0 Å². The summed E-state index contributed by atoms with van der Waals surface area (Å²) in [6, 6.07) is 5.77. The molecule has 4 aliphatic rings. The molecular formula is C31H43N5O5. The number of likely N-dealkylation sites (tertiary alicyclic amines) is 1. The van der Waals surface area contributed by atoms with Crippen LogP contribution < -0.4 is 16.3 Å². The van der Waals surface area contributed by atoms with Crippen molar-refractivity contribution in [3.05, 3.63) is 34.2 Å². The van der Waals surface area contributed by atoms with Gasteiger partial charge in [0.2, 0.25) is 11.8 Å². The number of ether oxygens (including phenoxy) is 1. The molecule has 0 bridgehead atoms. The molecule has 1 unspecified atom stereocenters. The van der Waals surface area contributed by atoms with E-state index in [1.165, 1.54) is 18.4 Å². The number of aryl methyl sites for hydroxylation is 1. The van der Waals surface area contributed by atoms with Crippen LogP contribution in [0.15, 0.2) is 23.0 Å². The summed E-state index contributed by atoms with van der Waals surface area (Å²) in [5.41, 5.74) is 2.57. The maximum absolute atomic E-state index is 13.1. The van der Waals surface area contributed by atoms with Gasteiger partial charge in [0.25, 0.3) is 0 Å². The maximum atomic E-state index is 13.1. The number of fused-ring (bicyclic) bond motifs is 1. The first-order valence-electron chi connectivity index (χ1n) is 15.2. The molecule has 2 aromatic rings. The van der Waals surface area contributed by atoms with Gasteiger partial charge in [-0.1, -0.05) is 6.07 Å². The van der Waals surface area contributed by atoms with Crippen LogP contribution in [0.2, 0.25) is 0 Å². The second-order valence-corrected chi connectivity index (χ2v) is 14.1. The Labute approximate surface area is 240 Å². The van der Waals surface area contributed by atoms with Crippen LogP contribution in [0.3, 0.4) is 0 Å². The van der Waals surface area contributed by atoms with Gasteiger partial charge in [0.05, 0.1) is 11.0 Å². The van der Waals surface area contributed by atoms with Crippen LogP contribution >= 0.6 is 0 Å². The van der Waals surface area contributed by atoms with Crippen molar-refractivity contribution in [2.24, 2.45) is 18.4 Å². The van der Waals surface area contributed by atoms with Gasteiger partial charge in [-0.15, -0.1) is 0 Å². The Balaban J connectivity index is 0.995. The van der Waals surface area contributed by atoms with Crippen LogP contribution in [0.4, 0.5) is 4.79 Å². The average Bonchev–Trinajstić information content (AvgIpc) is 3.09. The van der Waals surface area contributed by atoms with E-state index in [4.69, 9.17) is 4.74 Å². The first kappa shape index (κ1) is 28.0. The van der Waals surface area contributed by atoms with Gasteiger partial charge in [-0.3, -0.25) is 24.0 Å². The molecular weight excluding hydrogens is 522 g/mol. The van der Waals surface area contributed by atoms with Crippen molar-refractivity contribution >= 4 is 28.9 Å². The van der Waals surface area contributed by atoms with E-state index in [1.807, 2.05) is 26.8 Å². The van der Waals surface area contributed by atoms with Crippen molar-refractivity contribution in [1.82, 2.24) is 24.7 Å². The van der Waals surface area contributed by atoms with Gasteiger partial charge in [0.15, 0.2) is 0 Å². The quantitative estimate of drug-likeness (QED) is 0.536. The number of piperidine rings is 1. The maximum Gasteiger partial charge on any atom is 0.407 e. The molecule has 2 N–H and O–H groups in total.